The van der Waals surface area contributed by atoms with E-state index < -0.39 is 0 Å². The van der Waals surface area contributed by atoms with Crippen LogP contribution in [0, 0.1) is 5.92 Å². The van der Waals surface area contributed by atoms with Gasteiger partial charge in [0.25, 0.3) is 6.47 Å². The van der Waals surface area contributed by atoms with E-state index >= 15 is 0 Å². The summed E-state index contributed by atoms with van der Waals surface area (Å²) in [4.78, 5) is 10.9. The van der Waals surface area contributed by atoms with Gasteiger partial charge < -0.3 is 14.6 Å². The van der Waals surface area contributed by atoms with Crippen LogP contribution in [0.2, 0.25) is 0 Å². The van der Waals surface area contributed by atoms with E-state index in [0.717, 1.165) is 32.7 Å². The van der Waals surface area contributed by atoms with Crippen LogP contribution < -0.4 is 0 Å². The van der Waals surface area contributed by atoms with E-state index in [4.69, 9.17) is 19.4 Å². The monoisotopic (exact) mass is 319 g/mol. The van der Waals surface area contributed by atoms with Crippen molar-refractivity contribution in [2.75, 3.05) is 32.9 Å². The van der Waals surface area contributed by atoms with E-state index in [-0.39, 0.29) is 6.47 Å². The number of rotatable bonds is 6. The zero-order valence-corrected chi connectivity index (χ0v) is 13.3. The van der Waals surface area contributed by atoms with Gasteiger partial charge in [-0.2, -0.15) is 0 Å². The molecular formula is C18H25NO4. The maximum atomic E-state index is 8.36. The second-order valence-electron chi connectivity index (χ2n) is 5.77. The number of benzene rings is 1. The summed E-state index contributed by atoms with van der Waals surface area (Å²) in [6.07, 6.45) is 3.23. The van der Waals surface area contributed by atoms with Crippen LogP contribution in [0.4, 0.5) is 0 Å². The third kappa shape index (κ3) is 4.89. The molecule has 0 bridgehead atoms. The van der Waals surface area contributed by atoms with Crippen LogP contribution in [-0.2, 0) is 20.7 Å². The lowest BCUT2D eigenvalue weighted by Crippen LogP contribution is -2.34. The van der Waals surface area contributed by atoms with Crippen LogP contribution in [0.15, 0.2) is 43.0 Å². The number of hydrogen-bond donors (Lipinski definition) is 1. The number of carbonyl (C=O) groups is 1. The number of hydrogen-bond acceptors (Lipinski definition) is 4. The highest BCUT2D eigenvalue weighted by Gasteiger charge is 2.45. The predicted octanol–water partition coefficient (Wildman–Crippen LogP) is 1.83. The largest absolute Gasteiger partial charge is 0.483 e. The first-order chi connectivity index (χ1) is 11.3. The molecule has 5 heteroatoms. The van der Waals surface area contributed by atoms with Crippen LogP contribution >= 0.6 is 0 Å². The molecule has 0 unspecified atom stereocenters. The van der Waals surface area contributed by atoms with Gasteiger partial charge in [0.05, 0.1) is 25.9 Å². The fourth-order valence-corrected chi connectivity index (χ4v) is 3.34. The van der Waals surface area contributed by atoms with Crippen molar-refractivity contribution in [3.63, 3.8) is 0 Å². The molecule has 0 aliphatic carbocycles. The van der Waals surface area contributed by atoms with E-state index in [2.05, 4.69) is 41.8 Å². The van der Waals surface area contributed by atoms with Gasteiger partial charge in [-0.3, -0.25) is 9.69 Å². The first-order valence-corrected chi connectivity index (χ1v) is 7.96. The minimum Gasteiger partial charge on any atom is -0.483 e. The van der Waals surface area contributed by atoms with Gasteiger partial charge in [-0.1, -0.05) is 36.4 Å². The number of fused-ring (bicyclic) bond motifs is 1. The average Bonchev–Trinajstić information content (AvgIpc) is 3.16. The molecule has 1 N–H and O–H groups in total. The van der Waals surface area contributed by atoms with Gasteiger partial charge in [0.1, 0.15) is 0 Å². The van der Waals surface area contributed by atoms with Crippen LogP contribution in [-0.4, -0.2) is 61.5 Å². The Kier molecular flexibility index (Phi) is 7.26. The molecular weight excluding hydrogens is 294 g/mol. The second kappa shape index (κ2) is 9.45. The van der Waals surface area contributed by atoms with Crippen molar-refractivity contribution in [3.05, 3.63) is 48.6 Å². The van der Waals surface area contributed by atoms with E-state index in [1.807, 2.05) is 6.08 Å². The standard InChI is InChI=1S/C17H23NO2.CH2O2/c1-2-10-20-17-11-18(16-13-19-12-15(16)17)9-8-14-6-4-3-5-7-14;2-1-3/h2-7,15-17H,1,8-13H2;1H,(H,2,3)/t15-,16+,17+;/m0./s1. The van der Waals surface area contributed by atoms with Gasteiger partial charge in [0.2, 0.25) is 0 Å². The molecule has 5 nitrogen and oxygen atoms in total. The van der Waals surface area contributed by atoms with Gasteiger partial charge >= 0.3 is 0 Å². The SMILES string of the molecule is C=CCO[C@@H]1CN(CCc2ccccc2)[C@@H]2COC[C@@H]21.O=CO. The summed E-state index contributed by atoms with van der Waals surface area (Å²) >= 11 is 0. The van der Waals surface area contributed by atoms with Crippen molar-refractivity contribution in [2.45, 2.75) is 18.6 Å². The number of nitrogens with zero attached hydrogens (tertiary/aromatic N) is 1. The quantitative estimate of drug-likeness (QED) is 0.640. The molecule has 0 amide bonds. The maximum absolute atomic E-state index is 8.36. The Balaban J connectivity index is 0.000000595. The number of likely N-dealkylation sites (tertiary alicyclic amines) is 1. The summed E-state index contributed by atoms with van der Waals surface area (Å²) in [6, 6.07) is 11.2. The van der Waals surface area contributed by atoms with Crippen LogP contribution in [0.3, 0.4) is 0 Å². The molecule has 1 aromatic rings. The van der Waals surface area contributed by atoms with Crippen molar-refractivity contribution in [2.24, 2.45) is 5.92 Å². The summed E-state index contributed by atoms with van der Waals surface area (Å²) in [5.74, 6) is 0.533. The molecule has 2 saturated heterocycles. The van der Waals surface area contributed by atoms with Crippen molar-refractivity contribution >= 4 is 6.47 Å². The fourth-order valence-electron chi connectivity index (χ4n) is 3.34. The Morgan fingerprint density at radius 2 is 2.09 bits per heavy atom. The fraction of sp³-hybridized carbons (Fsp3) is 0.500. The first-order valence-electron chi connectivity index (χ1n) is 7.96. The average molecular weight is 319 g/mol. The Bertz CT molecular complexity index is 479. The van der Waals surface area contributed by atoms with Crippen LogP contribution in [0.25, 0.3) is 0 Å². The highest BCUT2D eigenvalue weighted by molar-refractivity contribution is 5.32. The molecule has 0 spiro atoms. The molecule has 2 heterocycles. The summed E-state index contributed by atoms with van der Waals surface area (Å²) in [5.41, 5.74) is 1.40. The summed E-state index contributed by atoms with van der Waals surface area (Å²) in [7, 11) is 0. The molecule has 126 valence electrons. The van der Waals surface area contributed by atoms with Crippen molar-refractivity contribution in [1.82, 2.24) is 4.90 Å². The minimum atomic E-state index is -0.250. The topological polar surface area (TPSA) is 59.0 Å². The third-order valence-corrected chi connectivity index (χ3v) is 4.41. The Labute approximate surface area is 137 Å². The zero-order chi connectivity index (χ0) is 16.5. The molecule has 0 radical (unpaired) electrons. The molecule has 3 atom stereocenters. The lowest BCUT2D eigenvalue weighted by molar-refractivity contribution is -0.122. The number of ether oxygens (including phenoxy) is 2. The summed E-state index contributed by atoms with van der Waals surface area (Å²) in [6.45, 7) is 7.93. The van der Waals surface area contributed by atoms with E-state index in [1.54, 1.807) is 0 Å². The van der Waals surface area contributed by atoms with Crippen LogP contribution in [0.1, 0.15) is 5.56 Å². The molecule has 2 fully saturated rings. The Hall–Kier alpha value is -1.69. The third-order valence-electron chi connectivity index (χ3n) is 4.41. The summed E-state index contributed by atoms with van der Waals surface area (Å²) in [5, 5.41) is 6.89. The Morgan fingerprint density at radius 3 is 2.78 bits per heavy atom. The maximum Gasteiger partial charge on any atom is 0.290 e. The van der Waals surface area contributed by atoms with E-state index in [1.165, 1.54) is 5.56 Å². The van der Waals surface area contributed by atoms with Gasteiger partial charge in [0, 0.05) is 25.0 Å². The minimum absolute atomic E-state index is 0.250. The van der Waals surface area contributed by atoms with Crippen LogP contribution in [0.5, 0.6) is 0 Å². The van der Waals surface area contributed by atoms with Gasteiger partial charge in [-0.05, 0) is 12.0 Å². The highest BCUT2D eigenvalue weighted by atomic mass is 16.5. The second-order valence-corrected chi connectivity index (χ2v) is 5.77. The van der Waals surface area contributed by atoms with Crippen molar-refractivity contribution in [3.8, 4) is 0 Å². The molecule has 1 aromatic carbocycles. The molecule has 0 aromatic heterocycles. The lowest BCUT2D eigenvalue weighted by Gasteiger charge is -2.21. The Morgan fingerprint density at radius 1 is 1.35 bits per heavy atom. The zero-order valence-electron chi connectivity index (χ0n) is 13.3. The van der Waals surface area contributed by atoms with Gasteiger partial charge in [0.15, 0.2) is 0 Å². The van der Waals surface area contributed by atoms with E-state index in [0.29, 0.717) is 24.7 Å². The molecule has 0 saturated carbocycles. The first kappa shape index (κ1) is 17.7. The van der Waals surface area contributed by atoms with Gasteiger partial charge in [-0.15, -0.1) is 6.58 Å². The smallest absolute Gasteiger partial charge is 0.290 e. The normalized spacial score (nSPS) is 26.2. The predicted molar refractivity (Wildman–Crippen MR) is 88.4 cm³/mol. The molecule has 2 aliphatic heterocycles. The summed E-state index contributed by atoms with van der Waals surface area (Å²) < 4.78 is 11.6. The van der Waals surface area contributed by atoms with Gasteiger partial charge in [-0.25, -0.2) is 0 Å². The molecule has 3 rings (SSSR count). The highest BCUT2D eigenvalue weighted by Crippen LogP contribution is 2.32. The lowest BCUT2D eigenvalue weighted by atomic mass is 10.0. The van der Waals surface area contributed by atoms with Crippen molar-refractivity contribution < 1.29 is 19.4 Å². The van der Waals surface area contributed by atoms with E-state index in [9.17, 15) is 0 Å². The number of carboxylic acid groups (broad SMARTS) is 1. The molecule has 23 heavy (non-hydrogen) atoms. The molecule has 2 aliphatic rings. The van der Waals surface area contributed by atoms with Crippen molar-refractivity contribution in [1.29, 1.82) is 0 Å².